The molecule has 0 saturated carbocycles. The van der Waals surface area contributed by atoms with Gasteiger partial charge in [0.1, 0.15) is 5.41 Å². The Morgan fingerprint density at radius 1 is 1.50 bits per heavy atom. The third-order valence-electron chi connectivity index (χ3n) is 3.62. The molecule has 1 aliphatic rings. The summed E-state index contributed by atoms with van der Waals surface area (Å²) in [7, 11) is 0. The Labute approximate surface area is 115 Å². The lowest BCUT2D eigenvalue weighted by Gasteiger charge is -2.35. The molecule has 1 fully saturated rings. The van der Waals surface area contributed by atoms with E-state index in [1.165, 1.54) is 0 Å². The Balaban J connectivity index is 2.63. The summed E-state index contributed by atoms with van der Waals surface area (Å²) in [5, 5.41) is 3.04. The second kappa shape index (κ2) is 7.04. The van der Waals surface area contributed by atoms with Gasteiger partial charge in [0.25, 0.3) is 0 Å². The molecule has 1 heterocycles. The van der Waals surface area contributed by atoms with Crippen LogP contribution in [0.15, 0.2) is 0 Å². The van der Waals surface area contributed by atoms with Crippen molar-refractivity contribution in [1.29, 1.82) is 0 Å². The Hall–Kier alpha value is -0.680. The van der Waals surface area contributed by atoms with Crippen molar-refractivity contribution in [3.05, 3.63) is 0 Å². The van der Waals surface area contributed by atoms with Gasteiger partial charge in [-0.25, -0.2) is 0 Å². The molecule has 1 unspecified atom stereocenters. The van der Waals surface area contributed by atoms with E-state index in [2.05, 4.69) is 12.2 Å². The predicted octanol–water partition coefficient (Wildman–Crippen LogP) is 1.76. The smallest absolute Gasteiger partial charge is 0.233 e. The maximum absolute atomic E-state index is 12.4. The first-order chi connectivity index (χ1) is 8.53. The number of nitrogens with one attached hydrogen (secondary N) is 1. The van der Waals surface area contributed by atoms with E-state index in [-0.39, 0.29) is 11.9 Å². The summed E-state index contributed by atoms with van der Waals surface area (Å²) in [6.45, 7) is 5.27. The molecule has 4 nitrogen and oxygen atoms in total. The lowest BCUT2D eigenvalue weighted by atomic mass is 9.79. The molecule has 0 bridgehead atoms. The van der Waals surface area contributed by atoms with Crippen LogP contribution in [0.1, 0.15) is 46.0 Å². The van der Waals surface area contributed by atoms with Gasteiger partial charge in [0.2, 0.25) is 5.91 Å². The molecule has 18 heavy (non-hydrogen) atoms. The molecule has 0 aliphatic carbocycles. The minimum absolute atomic E-state index is 0.0260. The SMILES string of the molecule is CCCCC(C)NC(=O)C1(C(N)=S)CCOCC1. The Morgan fingerprint density at radius 2 is 2.11 bits per heavy atom. The summed E-state index contributed by atoms with van der Waals surface area (Å²) in [5.74, 6) is -0.0260. The van der Waals surface area contributed by atoms with Crippen molar-refractivity contribution in [1.82, 2.24) is 5.32 Å². The highest BCUT2D eigenvalue weighted by molar-refractivity contribution is 7.80. The van der Waals surface area contributed by atoms with Crippen LogP contribution in [0, 0.1) is 5.41 Å². The monoisotopic (exact) mass is 272 g/mol. The van der Waals surface area contributed by atoms with Gasteiger partial charge < -0.3 is 15.8 Å². The van der Waals surface area contributed by atoms with Crippen LogP contribution >= 0.6 is 12.2 Å². The maximum atomic E-state index is 12.4. The van der Waals surface area contributed by atoms with Gasteiger partial charge >= 0.3 is 0 Å². The summed E-state index contributed by atoms with van der Waals surface area (Å²) < 4.78 is 5.30. The molecule has 1 atom stereocenters. The second-order valence-corrected chi connectivity index (χ2v) is 5.52. The van der Waals surface area contributed by atoms with Crippen molar-refractivity contribution in [2.45, 2.75) is 52.0 Å². The van der Waals surface area contributed by atoms with E-state index in [0.29, 0.717) is 31.0 Å². The number of nitrogens with two attached hydrogens (primary N) is 1. The normalized spacial score (nSPS) is 20.1. The van der Waals surface area contributed by atoms with Gasteiger partial charge in [-0.1, -0.05) is 32.0 Å². The van der Waals surface area contributed by atoms with Crippen LogP contribution in [0.4, 0.5) is 0 Å². The number of rotatable bonds is 6. The lowest BCUT2D eigenvalue weighted by Crippen LogP contribution is -2.53. The topological polar surface area (TPSA) is 64.4 Å². The van der Waals surface area contributed by atoms with Crippen LogP contribution in [0.2, 0.25) is 0 Å². The van der Waals surface area contributed by atoms with Gasteiger partial charge in [0.05, 0.1) is 4.99 Å². The number of amides is 1. The molecule has 0 aromatic rings. The van der Waals surface area contributed by atoms with Crippen LogP contribution < -0.4 is 11.1 Å². The number of hydrogen-bond donors (Lipinski definition) is 2. The molecule has 0 aromatic heterocycles. The Morgan fingerprint density at radius 3 is 2.61 bits per heavy atom. The van der Waals surface area contributed by atoms with Crippen LogP contribution in [0.3, 0.4) is 0 Å². The fourth-order valence-corrected chi connectivity index (χ4v) is 2.55. The van der Waals surface area contributed by atoms with Crippen molar-refractivity contribution < 1.29 is 9.53 Å². The standard InChI is InChI=1S/C13H24N2O2S/c1-3-4-5-10(2)15-12(16)13(11(14)18)6-8-17-9-7-13/h10H,3-9H2,1-2H3,(H2,14,18)(H,15,16). The van der Waals surface area contributed by atoms with Gasteiger partial charge in [-0.3, -0.25) is 4.79 Å². The highest BCUT2D eigenvalue weighted by atomic mass is 32.1. The number of ether oxygens (including phenoxy) is 1. The number of thiocarbonyl (C=S) groups is 1. The molecule has 104 valence electrons. The molecular weight excluding hydrogens is 248 g/mol. The molecule has 5 heteroatoms. The number of carbonyl (C=O) groups excluding carboxylic acids is 1. The van der Waals surface area contributed by atoms with E-state index in [0.717, 1.165) is 19.3 Å². The highest BCUT2D eigenvalue weighted by Crippen LogP contribution is 2.31. The zero-order valence-corrected chi connectivity index (χ0v) is 12.1. The first kappa shape index (κ1) is 15.4. The average molecular weight is 272 g/mol. The van der Waals surface area contributed by atoms with Crippen LogP contribution in [0.5, 0.6) is 0 Å². The quantitative estimate of drug-likeness (QED) is 0.723. The zero-order chi connectivity index (χ0) is 13.6. The molecule has 1 saturated heterocycles. The Bertz CT molecular complexity index is 301. The fourth-order valence-electron chi connectivity index (χ4n) is 2.25. The van der Waals surface area contributed by atoms with Crippen LogP contribution in [0.25, 0.3) is 0 Å². The van der Waals surface area contributed by atoms with Crippen molar-refractivity contribution in [3.8, 4) is 0 Å². The molecule has 1 aliphatic heterocycles. The average Bonchev–Trinajstić information content (AvgIpc) is 2.36. The Kier molecular flexibility index (Phi) is 6.02. The van der Waals surface area contributed by atoms with Gasteiger partial charge in [-0.2, -0.15) is 0 Å². The summed E-state index contributed by atoms with van der Waals surface area (Å²) >= 11 is 5.11. The summed E-state index contributed by atoms with van der Waals surface area (Å²) in [6.07, 6.45) is 4.43. The summed E-state index contributed by atoms with van der Waals surface area (Å²) in [5.41, 5.74) is 5.09. The minimum Gasteiger partial charge on any atom is -0.392 e. The van der Waals surface area contributed by atoms with Crippen molar-refractivity contribution >= 4 is 23.1 Å². The van der Waals surface area contributed by atoms with Crippen LogP contribution in [-0.4, -0.2) is 30.2 Å². The van der Waals surface area contributed by atoms with Gasteiger partial charge in [0.15, 0.2) is 0 Å². The molecular formula is C13H24N2O2S. The molecule has 0 spiro atoms. The largest absolute Gasteiger partial charge is 0.392 e. The third-order valence-corrected chi connectivity index (χ3v) is 4.01. The second-order valence-electron chi connectivity index (χ2n) is 5.08. The number of hydrogen-bond acceptors (Lipinski definition) is 3. The van der Waals surface area contributed by atoms with Crippen molar-refractivity contribution in [3.63, 3.8) is 0 Å². The van der Waals surface area contributed by atoms with Crippen molar-refractivity contribution in [2.75, 3.05) is 13.2 Å². The lowest BCUT2D eigenvalue weighted by molar-refractivity contribution is -0.132. The summed E-state index contributed by atoms with van der Waals surface area (Å²) in [6, 6.07) is 0.173. The molecule has 0 aromatic carbocycles. The zero-order valence-electron chi connectivity index (χ0n) is 11.3. The molecule has 1 amide bonds. The number of unbranched alkanes of at least 4 members (excludes halogenated alkanes) is 1. The summed E-state index contributed by atoms with van der Waals surface area (Å²) in [4.78, 5) is 12.7. The van der Waals surface area contributed by atoms with E-state index in [9.17, 15) is 4.79 Å². The van der Waals surface area contributed by atoms with E-state index in [4.69, 9.17) is 22.7 Å². The molecule has 3 N–H and O–H groups in total. The number of carbonyl (C=O) groups is 1. The molecule has 0 radical (unpaired) electrons. The first-order valence-corrected chi connectivity index (χ1v) is 7.12. The van der Waals surface area contributed by atoms with Crippen LogP contribution in [-0.2, 0) is 9.53 Å². The first-order valence-electron chi connectivity index (χ1n) is 6.71. The van der Waals surface area contributed by atoms with Gasteiger partial charge in [-0.15, -0.1) is 0 Å². The van der Waals surface area contributed by atoms with Gasteiger partial charge in [-0.05, 0) is 26.2 Å². The molecule has 1 rings (SSSR count). The fraction of sp³-hybridized carbons (Fsp3) is 0.846. The van der Waals surface area contributed by atoms with E-state index in [1.54, 1.807) is 0 Å². The van der Waals surface area contributed by atoms with E-state index >= 15 is 0 Å². The minimum atomic E-state index is -0.700. The van der Waals surface area contributed by atoms with E-state index < -0.39 is 5.41 Å². The third kappa shape index (κ3) is 3.65. The predicted molar refractivity (Wildman–Crippen MR) is 76.4 cm³/mol. The van der Waals surface area contributed by atoms with Gasteiger partial charge in [0, 0.05) is 19.3 Å². The van der Waals surface area contributed by atoms with E-state index in [1.807, 2.05) is 6.92 Å². The highest BCUT2D eigenvalue weighted by Gasteiger charge is 2.43. The van der Waals surface area contributed by atoms with Crippen molar-refractivity contribution in [2.24, 2.45) is 11.1 Å². The maximum Gasteiger partial charge on any atom is 0.233 e.